The summed E-state index contributed by atoms with van der Waals surface area (Å²) in [6.45, 7) is 21.7. The number of halogens is 4. The van der Waals surface area contributed by atoms with Crippen LogP contribution in [0.15, 0.2) is 189 Å². The summed E-state index contributed by atoms with van der Waals surface area (Å²) in [4.78, 5) is 12.8. The molecule has 18 heteroatoms. The van der Waals surface area contributed by atoms with E-state index in [0.717, 1.165) is 47.8 Å². The summed E-state index contributed by atoms with van der Waals surface area (Å²) in [6, 6.07) is 55.8. The van der Waals surface area contributed by atoms with Gasteiger partial charge in [-0.1, -0.05) is 147 Å². The van der Waals surface area contributed by atoms with Crippen molar-refractivity contribution in [1.29, 1.82) is 0 Å². The summed E-state index contributed by atoms with van der Waals surface area (Å²) in [6.07, 6.45) is 10.9. The fraction of sp³-hybridized carbons (Fsp3) is 0.390. The molecular formula is C82H101F4O12S2-. The average molecular weight is 1420 g/mol. The number of carbonyl (C=O) groups excluding carboxylic acids is 1. The summed E-state index contributed by atoms with van der Waals surface area (Å²) in [5, 5.41) is 9.01. The van der Waals surface area contributed by atoms with E-state index in [0.29, 0.717) is 55.0 Å². The van der Waals surface area contributed by atoms with E-state index in [1.807, 2.05) is 69.3 Å². The smallest absolute Gasteiger partial charge is 0.347 e. The summed E-state index contributed by atoms with van der Waals surface area (Å²) in [5.41, 5.74) is 5.10. The summed E-state index contributed by atoms with van der Waals surface area (Å²) < 4.78 is 126. The number of methoxy groups -OCH3 is 2. The minimum atomic E-state index is -5.73. The quantitative estimate of drug-likeness (QED) is 0.0116. The van der Waals surface area contributed by atoms with E-state index in [2.05, 4.69) is 133 Å². The fourth-order valence-corrected chi connectivity index (χ4v) is 13.7. The highest BCUT2D eigenvalue weighted by Gasteiger charge is 2.32. The molecule has 0 aromatic heterocycles. The Kier molecular flexibility index (Phi) is 34.4. The van der Waals surface area contributed by atoms with Crippen molar-refractivity contribution in [2.75, 3.05) is 27.4 Å². The first-order valence-electron chi connectivity index (χ1n) is 34.2. The van der Waals surface area contributed by atoms with Gasteiger partial charge in [-0.15, -0.1) is 0 Å². The van der Waals surface area contributed by atoms with E-state index < -0.39 is 56.6 Å². The standard InChI is InChI=1S/C21H21O2S.C19H30O2.C17H16F4O4S.C14H18O3.C10H14O.CH3/c1-16-7-4-10-19(13-16)24(20-11-5-8-17(14-20)22-2)21-12-6-9-18(15-21)23-3;1-4-15(3)16-11-13-18(14-12-16)21-19(20-5-2)17-9-7-6-8-10-17;1-3-9(2)10-4-6-11(7-5-10)25-8-12-13(18)15(20)17(26(22,23)24)16(21)14(12)19;1-3-10(2)11-4-6-12(7-5-11)17-13-8-9-16-14(13)15;1-3-8(2)9-4-6-10(11)7-5-9;/h4-15H,1-3H3;11-15,17,19H,4-10H2,1-3H3;4-7,9H,3,8H2,1-2H3,(H,22,23,24);4-7,10,13H,3,8-9H2,1-2H3;4-8,11H,3H2,1-2H3;1H3/q+1;;;;;-1/p-1. The Hall–Kier alpha value is -8.03. The maximum absolute atomic E-state index is 13.9. The molecule has 0 radical (unpaired) electrons. The van der Waals surface area contributed by atoms with Gasteiger partial charge in [0.1, 0.15) is 56.1 Å². The number of hydrogen-bond donors (Lipinski definition) is 1. The second-order valence-electron chi connectivity index (χ2n) is 24.7. The topological polar surface area (TPSA) is 159 Å². The van der Waals surface area contributed by atoms with E-state index in [-0.39, 0.29) is 36.3 Å². The van der Waals surface area contributed by atoms with Crippen molar-refractivity contribution in [3.8, 4) is 34.5 Å². The molecule has 2 aliphatic rings. The Labute approximate surface area is 594 Å². The van der Waals surface area contributed by atoms with Gasteiger partial charge in [0.2, 0.25) is 6.29 Å². The molecular weight excluding hydrogens is 1320 g/mol. The van der Waals surface area contributed by atoms with Gasteiger partial charge in [0.05, 0.1) is 37.3 Å². The number of hydrogen-bond acceptors (Lipinski definition) is 12. The van der Waals surface area contributed by atoms with Gasteiger partial charge in [-0.05, 0) is 189 Å². The Morgan fingerprint density at radius 2 is 0.970 bits per heavy atom. The number of esters is 1. The van der Waals surface area contributed by atoms with Crippen molar-refractivity contribution in [2.45, 2.75) is 196 Å². The Bertz CT molecular complexity index is 3770. The maximum atomic E-state index is 13.9. The van der Waals surface area contributed by atoms with Crippen LogP contribution in [0.2, 0.25) is 0 Å². The molecule has 0 spiro atoms. The van der Waals surface area contributed by atoms with Crippen LogP contribution in [0, 0.1) is 43.5 Å². The first-order valence-corrected chi connectivity index (χ1v) is 36.8. The van der Waals surface area contributed by atoms with Crippen LogP contribution in [-0.4, -0.2) is 63.9 Å². The Morgan fingerprint density at radius 3 is 1.37 bits per heavy atom. The number of aryl methyl sites for hydroxylation is 1. The van der Waals surface area contributed by atoms with Gasteiger partial charge in [0, 0.05) is 31.1 Å². The van der Waals surface area contributed by atoms with Gasteiger partial charge in [-0.2, -0.15) is 0 Å². The van der Waals surface area contributed by atoms with Crippen LogP contribution in [0.25, 0.3) is 0 Å². The maximum Gasteiger partial charge on any atom is 0.347 e. The van der Waals surface area contributed by atoms with Gasteiger partial charge >= 0.3 is 5.97 Å². The molecule has 1 aliphatic heterocycles. The molecule has 0 amide bonds. The average Bonchev–Trinajstić information content (AvgIpc) is 0.839. The lowest BCUT2D eigenvalue weighted by Gasteiger charge is -2.30. The molecule has 6 atom stereocenters. The van der Waals surface area contributed by atoms with Crippen molar-refractivity contribution in [1.82, 2.24) is 0 Å². The van der Waals surface area contributed by atoms with Crippen LogP contribution >= 0.6 is 0 Å². The molecule has 1 saturated carbocycles. The molecule has 8 aromatic rings. The number of carbonyl (C=O) groups is 1. The monoisotopic (exact) mass is 1420 g/mol. The second-order valence-corrected chi connectivity index (χ2v) is 28.1. The lowest BCUT2D eigenvalue weighted by atomic mass is 9.89. The fourth-order valence-electron chi connectivity index (χ4n) is 10.9. The van der Waals surface area contributed by atoms with Gasteiger partial charge in [-0.25, -0.2) is 30.8 Å². The van der Waals surface area contributed by atoms with Crippen molar-refractivity contribution in [3.63, 3.8) is 0 Å². The van der Waals surface area contributed by atoms with E-state index >= 15 is 0 Å². The van der Waals surface area contributed by atoms with Crippen LogP contribution in [-0.2, 0) is 41.9 Å². The number of rotatable bonds is 24. The van der Waals surface area contributed by atoms with Crippen LogP contribution < -0.4 is 23.7 Å². The zero-order valence-corrected chi connectivity index (χ0v) is 61.8. The van der Waals surface area contributed by atoms with Crippen LogP contribution in [0.3, 0.4) is 0 Å². The van der Waals surface area contributed by atoms with Gasteiger partial charge in [0.25, 0.3) is 0 Å². The Balaban J connectivity index is 0.000000230. The van der Waals surface area contributed by atoms with E-state index in [1.165, 1.54) is 87.6 Å². The largest absolute Gasteiger partial charge is 0.744 e. The lowest BCUT2D eigenvalue weighted by Crippen LogP contribution is -2.31. The highest BCUT2D eigenvalue weighted by atomic mass is 32.2. The molecule has 8 aromatic carbocycles. The van der Waals surface area contributed by atoms with Crippen LogP contribution in [0.1, 0.15) is 184 Å². The van der Waals surface area contributed by atoms with Crippen molar-refractivity contribution in [3.05, 3.63) is 234 Å². The molecule has 1 saturated heterocycles. The third-order valence-electron chi connectivity index (χ3n) is 17.8. The third-order valence-corrected chi connectivity index (χ3v) is 20.8. The third kappa shape index (κ3) is 24.7. The number of aromatic hydroxyl groups is 1. The van der Waals surface area contributed by atoms with E-state index in [4.69, 9.17) is 38.3 Å². The predicted molar refractivity (Wildman–Crippen MR) is 389 cm³/mol. The molecule has 6 unspecified atom stereocenters. The highest BCUT2D eigenvalue weighted by Crippen LogP contribution is 2.36. The molecule has 1 heterocycles. The van der Waals surface area contributed by atoms with Crippen LogP contribution in [0.5, 0.6) is 34.5 Å². The number of phenolic OH excluding ortho intramolecular Hbond substituents is 1. The second kappa shape index (κ2) is 41.6. The van der Waals surface area contributed by atoms with Gasteiger partial charge in [-0.3, -0.25) is 0 Å². The molecule has 0 bridgehead atoms. The first-order chi connectivity index (χ1) is 47.5. The zero-order valence-electron chi connectivity index (χ0n) is 60.2. The molecule has 2 fully saturated rings. The summed E-state index contributed by atoms with van der Waals surface area (Å²) >= 11 is 0. The number of ether oxygens (including phenoxy) is 7. The molecule has 12 nitrogen and oxygen atoms in total. The molecule has 1 aliphatic carbocycles. The molecule has 10 rings (SSSR count). The minimum absolute atomic E-state index is 0. The first kappa shape index (κ1) is 82.6. The van der Waals surface area contributed by atoms with E-state index in [1.54, 1.807) is 38.5 Å². The predicted octanol–water partition coefficient (Wildman–Crippen LogP) is 21.1. The van der Waals surface area contributed by atoms with Crippen molar-refractivity contribution in [2.24, 2.45) is 5.92 Å². The highest BCUT2D eigenvalue weighted by molar-refractivity contribution is 7.97. The minimum Gasteiger partial charge on any atom is -0.744 e. The van der Waals surface area contributed by atoms with Crippen molar-refractivity contribution < 1.29 is 73.6 Å². The normalized spacial score (nSPS) is 14.9. The lowest BCUT2D eigenvalue weighted by molar-refractivity contribution is -0.143. The molecule has 100 heavy (non-hydrogen) atoms. The Morgan fingerprint density at radius 1 is 0.550 bits per heavy atom. The van der Waals surface area contributed by atoms with Gasteiger partial charge < -0.3 is 50.2 Å². The number of cyclic esters (lactones) is 1. The zero-order chi connectivity index (χ0) is 72.2. The van der Waals surface area contributed by atoms with E-state index in [9.17, 15) is 35.3 Å². The number of phenols is 1. The van der Waals surface area contributed by atoms with Gasteiger partial charge in [0.15, 0.2) is 44.1 Å². The molecule has 1 N–H and O–H groups in total. The summed E-state index contributed by atoms with van der Waals surface area (Å²) in [5.74, 6) is -2.22. The molecule has 542 valence electrons. The van der Waals surface area contributed by atoms with Crippen LogP contribution in [0.4, 0.5) is 17.6 Å². The summed E-state index contributed by atoms with van der Waals surface area (Å²) in [7, 11) is -2.53. The SMILES string of the molecule is CCC(C)c1ccc(O)cc1.CCC(C)c1ccc(OC2CCOC2=O)cc1.CCC(C)c1ccc(OCc2c(F)c(F)c(S(=O)(=O)[O-])c(F)c2F)cc1.CCOC(Oc1ccc(C(C)CC)cc1)C1CCCCC1.COc1cccc([S+](c2cccc(C)c2)c2cccc(OC)c2)c1.[CH3-]. The van der Waals surface area contributed by atoms with Crippen molar-refractivity contribution >= 4 is 27.0 Å². The number of benzene rings is 8.